The first-order chi connectivity index (χ1) is 17.6. The summed E-state index contributed by atoms with van der Waals surface area (Å²) < 4.78 is 26.7. The molecule has 0 spiro atoms. The van der Waals surface area contributed by atoms with E-state index in [1.807, 2.05) is 0 Å². The lowest BCUT2D eigenvalue weighted by molar-refractivity contribution is -0.166. The number of ether oxygens (including phenoxy) is 5. The zero-order chi connectivity index (χ0) is 28.8. The fourth-order valence-electron chi connectivity index (χ4n) is 4.40. The van der Waals surface area contributed by atoms with E-state index < -0.39 is 72.4 Å². The number of esters is 5. The number of carbonyl (C=O) groups excluding carboxylic acids is 5. The number of aliphatic hydroxyl groups excluding tert-OH is 1. The van der Waals surface area contributed by atoms with Crippen molar-refractivity contribution in [2.45, 2.75) is 77.5 Å². The molecule has 0 bridgehead atoms. The Morgan fingerprint density at radius 2 is 1.74 bits per heavy atom. The number of carbonyl (C=O) groups is 5. The van der Waals surface area contributed by atoms with E-state index in [4.69, 9.17) is 23.7 Å². The lowest BCUT2D eigenvalue weighted by Crippen LogP contribution is -2.47. The fourth-order valence-corrected chi connectivity index (χ4v) is 4.40. The highest BCUT2D eigenvalue weighted by Gasteiger charge is 2.52. The molecule has 0 radical (unpaired) electrons. The molecule has 2 N–H and O–H groups in total. The molecule has 1 fully saturated rings. The summed E-state index contributed by atoms with van der Waals surface area (Å²) >= 11 is 0. The second-order valence-electron chi connectivity index (χ2n) is 9.48. The summed E-state index contributed by atoms with van der Waals surface area (Å²) in [4.78, 5) is 60.5. The van der Waals surface area contributed by atoms with Gasteiger partial charge >= 0.3 is 29.8 Å². The van der Waals surface area contributed by atoms with Crippen LogP contribution >= 0.6 is 0 Å². The highest BCUT2D eigenvalue weighted by molar-refractivity contribution is 5.92. The van der Waals surface area contributed by atoms with Crippen molar-refractivity contribution in [1.29, 1.82) is 0 Å². The Labute approximate surface area is 220 Å². The Hall–Kier alpha value is -3.51. The summed E-state index contributed by atoms with van der Waals surface area (Å²) in [6.07, 6.45) is -3.08. The molecule has 6 atom stereocenters. The zero-order valence-corrected chi connectivity index (χ0v) is 22.1. The van der Waals surface area contributed by atoms with Gasteiger partial charge in [0, 0.05) is 44.8 Å². The first-order valence-corrected chi connectivity index (χ1v) is 12.0. The molecular formula is C26H34O12. The Morgan fingerprint density at radius 3 is 2.29 bits per heavy atom. The molecule has 1 aliphatic heterocycles. The molecule has 0 amide bonds. The lowest BCUT2D eigenvalue weighted by Gasteiger charge is -2.37. The highest BCUT2D eigenvalue weighted by Crippen LogP contribution is 2.40. The van der Waals surface area contributed by atoms with Crippen LogP contribution in [0.3, 0.4) is 0 Å². The van der Waals surface area contributed by atoms with Gasteiger partial charge < -0.3 is 33.9 Å². The van der Waals surface area contributed by atoms with Crippen LogP contribution in [0.5, 0.6) is 0 Å². The Kier molecular flexibility index (Phi) is 10.4. The summed E-state index contributed by atoms with van der Waals surface area (Å²) in [5.41, 5.74) is -1.65. The van der Waals surface area contributed by atoms with Crippen LogP contribution in [0.1, 0.15) is 47.5 Å². The quantitative estimate of drug-likeness (QED) is 0.203. The smallest absolute Gasteiger partial charge is 0.337 e. The average Bonchev–Trinajstić information content (AvgIpc) is 3.07. The second kappa shape index (κ2) is 12.8. The van der Waals surface area contributed by atoms with E-state index in [9.17, 15) is 34.2 Å². The van der Waals surface area contributed by atoms with E-state index in [1.165, 1.54) is 32.9 Å². The maximum absolute atomic E-state index is 13.0. The van der Waals surface area contributed by atoms with Crippen molar-refractivity contribution >= 4 is 29.8 Å². The van der Waals surface area contributed by atoms with E-state index in [0.717, 1.165) is 13.8 Å². The molecule has 0 saturated carbocycles. The van der Waals surface area contributed by atoms with E-state index in [2.05, 4.69) is 6.58 Å². The van der Waals surface area contributed by atoms with E-state index >= 15 is 0 Å². The van der Waals surface area contributed by atoms with Crippen LogP contribution in [0.4, 0.5) is 0 Å². The molecule has 1 heterocycles. The summed E-state index contributed by atoms with van der Waals surface area (Å²) in [5.74, 6) is -4.89. The van der Waals surface area contributed by atoms with Crippen LogP contribution in [-0.4, -0.2) is 83.3 Å². The first-order valence-electron chi connectivity index (χ1n) is 12.0. The van der Waals surface area contributed by atoms with Crippen molar-refractivity contribution in [3.8, 4) is 0 Å². The number of allylic oxidation sites excluding steroid dienone is 1. The third kappa shape index (κ3) is 8.25. The van der Waals surface area contributed by atoms with Gasteiger partial charge in [0.2, 0.25) is 0 Å². The molecule has 12 nitrogen and oxygen atoms in total. The van der Waals surface area contributed by atoms with Crippen LogP contribution in [0, 0.1) is 5.92 Å². The predicted octanol–water partition coefficient (Wildman–Crippen LogP) is 0.832. The third-order valence-corrected chi connectivity index (χ3v) is 6.06. The number of hydrogen-bond donors (Lipinski definition) is 2. The second-order valence-corrected chi connectivity index (χ2v) is 9.48. The summed E-state index contributed by atoms with van der Waals surface area (Å²) in [5, 5.41) is 21.8. The first kappa shape index (κ1) is 30.7. The van der Waals surface area contributed by atoms with Gasteiger partial charge in [-0.2, -0.15) is 0 Å². The number of aliphatic hydroxyl groups is 2. The SMILES string of the molecule is C=C1C(=O)O[C@H]2[C@H]1[C@H](OC(=O)/C(=C\C)COC(C)=O)C[C@@](C)(O)C[C@@H](O)/C=C(/COC(C)=O)[C@@H]2OC(C)=O. The molecular weight excluding hydrogens is 504 g/mol. The van der Waals surface area contributed by atoms with Gasteiger partial charge in [-0.3, -0.25) is 14.4 Å². The molecule has 2 aliphatic rings. The van der Waals surface area contributed by atoms with Gasteiger partial charge in [0.1, 0.15) is 19.3 Å². The molecule has 1 aliphatic carbocycles. The highest BCUT2D eigenvalue weighted by atomic mass is 16.6. The van der Waals surface area contributed by atoms with Crippen LogP contribution < -0.4 is 0 Å². The van der Waals surface area contributed by atoms with Gasteiger partial charge in [0.15, 0.2) is 12.2 Å². The topological polar surface area (TPSA) is 172 Å². The maximum Gasteiger partial charge on any atom is 0.337 e. The minimum absolute atomic E-state index is 0.00338. The van der Waals surface area contributed by atoms with Gasteiger partial charge in [-0.05, 0) is 19.9 Å². The molecule has 12 heteroatoms. The van der Waals surface area contributed by atoms with Crippen molar-refractivity contribution < 1.29 is 57.9 Å². The van der Waals surface area contributed by atoms with E-state index in [-0.39, 0.29) is 36.2 Å². The lowest BCUT2D eigenvalue weighted by atomic mass is 9.78. The molecule has 0 unspecified atom stereocenters. The van der Waals surface area contributed by atoms with Gasteiger partial charge in [-0.1, -0.05) is 12.7 Å². The van der Waals surface area contributed by atoms with Gasteiger partial charge in [-0.25, -0.2) is 9.59 Å². The molecule has 0 aromatic carbocycles. The number of rotatable bonds is 7. The fraction of sp³-hybridized carbons (Fsp3) is 0.577. The predicted molar refractivity (Wildman–Crippen MR) is 129 cm³/mol. The van der Waals surface area contributed by atoms with Crippen molar-refractivity contribution in [2.24, 2.45) is 5.92 Å². The summed E-state index contributed by atoms with van der Waals surface area (Å²) in [6, 6.07) is 0. The maximum atomic E-state index is 13.0. The number of hydrogen-bond acceptors (Lipinski definition) is 12. The van der Waals surface area contributed by atoms with Crippen molar-refractivity contribution in [1.82, 2.24) is 0 Å². The van der Waals surface area contributed by atoms with Crippen LogP contribution in [0.2, 0.25) is 0 Å². The van der Waals surface area contributed by atoms with Crippen molar-refractivity contribution in [3.63, 3.8) is 0 Å². The Morgan fingerprint density at radius 1 is 1.11 bits per heavy atom. The normalized spacial score (nSPS) is 31.2. The number of fused-ring (bicyclic) bond motifs is 1. The molecule has 2 rings (SSSR count). The van der Waals surface area contributed by atoms with Crippen LogP contribution in [0.25, 0.3) is 0 Å². The van der Waals surface area contributed by atoms with Gasteiger partial charge in [-0.15, -0.1) is 0 Å². The van der Waals surface area contributed by atoms with Crippen molar-refractivity contribution in [3.05, 3.63) is 35.5 Å². The Bertz CT molecular complexity index is 1040. The Balaban J connectivity index is 2.60. The van der Waals surface area contributed by atoms with Crippen LogP contribution in [0.15, 0.2) is 35.5 Å². The zero-order valence-electron chi connectivity index (χ0n) is 22.1. The average molecular weight is 539 g/mol. The molecule has 0 aromatic rings. The summed E-state index contributed by atoms with van der Waals surface area (Å²) in [6.45, 7) is 9.38. The monoisotopic (exact) mass is 538 g/mol. The summed E-state index contributed by atoms with van der Waals surface area (Å²) in [7, 11) is 0. The van der Waals surface area contributed by atoms with E-state index in [0.29, 0.717) is 0 Å². The minimum Gasteiger partial charge on any atom is -0.461 e. The third-order valence-electron chi connectivity index (χ3n) is 6.06. The molecule has 38 heavy (non-hydrogen) atoms. The largest absolute Gasteiger partial charge is 0.461 e. The molecule has 1 saturated heterocycles. The van der Waals surface area contributed by atoms with E-state index in [1.54, 1.807) is 0 Å². The molecule has 0 aromatic heterocycles. The van der Waals surface area contributed by atoms with Gasteiger partial charge in [0.25, 0.3) is 0 Å². The van der Waals surface area contributed by atoms with Crippen LogP contribution in [-0.2, 0) is 47.7 Å². The van der Waals surface area contributed by atoms with Gasteiger partial charge in [0.05, 0.1) is 23.2 Å². The van der Waals surface area contributed by atoms with Crippen molar-refractivity contribution in [2.75, 3.05) is 13.2 Å². The molecule has 210 valence electrons. The standard InChI is InChI=1S/C26H34O12/c1-7-17(11-34-14(3)27)25(32)37-20-10-26(6,33)9-19(30)8-18(12-35-15(4)28)22(36-16(5)29)23-21(20)13(2)24(31)38-23/h7-8,19-23,30,33H,2,9-12H2,1,3-6H3/b17-7-,18-8-/t19-,20+,21+,22-,23-,26-/m0/s1. The minimum atomic E-state index is -1.63.